The van der Waals surface area contributed by atoms with Gasteiger partial charge in [0.1, 0.15) is 17.4 Å². The molecule has 1 aliphatic heterocycles. The smallest absolute Gasteiger partial charge is 0.233 e. The molecule has 0 saturated carbocycles. The average molecular weight is 486 g/mol. The van der Waals surface area contributed by atoms with Crippen LogP contribution in [0.1, 0.15) is 36.1 Å². The fourth-order valence-corrected chi connectivity index (χ4v) is 4.88. The van der Waals surface area contributed by atoms with Gasteiger partial charge in [-0.15, -0.1) is 0 Å². The summed E-state index contributed by atoms with van der Waals surface area (Å²) < 4.78 is 26.8. The number of phenols is 1. The van der Waals surface area contributed by atoms with Crippen molar-refractivity contribution < 1.29 is 23.8 Å². The fourth-order valence-electron chi connectivity index (χ4n) is 4.88. The van der Waals surface area contributed by atoms with Gasteiger partial charge in [-0.25, -0.2) is 8.78 Å². The van der Waals surface area contributed by atoms with Gasteiger partial charge >= 0.3 is 0 Å². The summed E-state index contributed by atoms with van der Waals surface area (Å²) in [7, 11) is 0. The largest absolute Gasteiger partial charge is 0.507 e. The van der Waals surface area contributed by atoms with Gasteiger partial charge < -0.3 is 15.1 Å². The van der Waals surface area contributed by atoms with E-state index in [1.807, 2.05) is 36.4 Å². The normalized spacial score (nSPS) is 18.1. The number of anilines is 1. The monoisotopic (exact) mass is 485 g/mol. The van der Waals surface area contributed by atoms with Crippen molar-refractivity contribution in [2.24, 2.45) is 5.92 Å². The molecule has 182 valence electrons. The van der Waals surface area contributed by atoms with Crippen molar-refractivity contribution >= 4 is 11.6 Å². The Morgan fingerprint density at radius 1 is 0.833 bits per heavy atom. The molecule has 0 spiro atoms. The lowest BCUT2D eigenvalue weighted by molar-refractivity contribution is -0.131. The topological polar surface area (TPSA) is 60.8 Å². The van der Waals surface area contributed by atoms with Crippen LogP contribution >= 0.6 is 0 Å². The summed E-state index contributed by atoms with van der Waals surface area (Å²) in [5, 5.41) is 21.2. The van der Waals surface area contributed by atoms with E-state index >= 15 is 0 Å². The molecule has 1 amide bonds. The minimum atomic E-state index is -0.835. The van der Waals surface area contributed by atoms with E-state index in [9.17, 15) is 23.8 Å². The molecule has 1 heterocycles. The third-order valence-corrected chi connectivity index (χ3v) is 6.77. The van der Waals surface area contributed by atoms with Crippen molar-refractivity contribution in [1.82, 2.24) is 0 Å². The van der Waals surface area contributed by atoms with Crippen LogP contribution in [0.5, 0.6) is 5.75 Å². The number of halogens is 2. The van der Waals surface area contributed by atoms with Gasteiger partial charge in [0, 0.05) is 11.3 Å². The predicted molar refractivity (Wildman–Crippen MR) is 134 cm³/mol. The quantitative estimate of drug-likeness (QED) is 0.292. The second-order valence-corrected chi connectivity index (χ2v) is 9.02. The van der Waals surface area contributed by atoms with E-state index in [0.717, 1.165) is 11.1 Å². The molecule has 6 heteroatoms. The Kier molecular flexibility index (Phi) is 6.53. The van der Waals surface area contributed by atoms with Crippen LogP contribution in [0.25, 0.3) is 11.1 Å². The Morgan fingerprint density at radius 2 is 1.47 bits per heavy atom. The molecule has 1 saturated heterocycles. The molecule has 3 atom stereocenters. The van der Waals surface area contributed by atoms with Crippen LogP contribution in [0.2, 0.25) is 0 Å². The van der Waals surface area contributed by atoms with E-state index < -0.39 is 17.8 Å². The molecule has 4 aromatic rings. The molecule has 0 radical (unpaired) electrons. The van der Waals surface area contributed by atoms with Crippen LogP contribution in [0, 0.1) is 17.6 Å². The van der Waals surface area contributed by atoms with E-state index in [1.54, 1.807) is 29.2 Å². The van der Waals surface area contributed by atoms with Gasteiger partial charge in [0.25, 0.3) is 0 Å². The average Bonchev–Trinajstić information content (AvgIpc) is 2.89. The highest BCUT2D eigenvalue weighted by atomic mass is 19.1. The van der Waals surface area contributed by atoms with Crippen molar-refractivity contribution in [3.8, 4) is 16.9 Å². The van der Waals surface area contributed by atoms with E-state index in [4.69, 9.17) is 0 Å². The Labute approximate surface area is 208 Å². The molecular formula is C30H25F2NO3. The van der Waals surface area contributed by atoms with Crippen molar-refractivity contribution in [2.75, 3.05) is 4.90 Å². The summed E-state index contributed by atoms with van der Waals surface area (Å²) in [6, 6.07) is 25.9. The first-order valence-electron chi connectivity index (χ1n) is 11.8. The van der Waals surface area contributed by atoms with Crippen LogP contribution in [0.4, 0.5) is 14.5 Å². The molecule has 36 heavy (non-hydrogen) atoms. The van der Waals surface area contributed by atoms with Crippen LogP contribution < -0.4 is 4.90 Å². The molecular weight excluding hydrogens is 460 g/mol. The maximum absolute atomic E-state index is 13.6. The number of β-lactam (4-membered cyclic amide) rings is 1. The number of amides is 1. The van der Waals surface area contributed by atoms with E-state index in [-0.39, 0.29) is 23.5 Å². The molecule has 0 aromatic heterocycles. The third-order valence-electron chi connectivity index (χ3n) is 6.77. The third kappa shape index (κ3) is 4.60. The maximum Gasteiger partial charge on any atom is 0.233 e. The van der Waals surface area contributed by atoms with Crippen LogP contribution in [0.3, 0.4) is 0 Å². The molecule has 1 aliphatic rings. The number of nitrogens with zero attached hydrogens (tertiary/aromatic N) is 1. The number of rotatable bonds is 7. The van der Waals surface area contributed by atoms with Crippen LogP contribution in [-0.4, -0.2) is 16.1 Å². The van der Waals surface area contributed by atoms with E-state index in [1.165, 1.54) is 36.4 Å². The van der Waals surface area contributed by atoms with Gasteiger partial charge in [-0.2, -0.15) is 0 Å². The summed E-state index contributed by atoms with van der Waals surface area (Å²) in [6.07, 6.45) is -0.112. The summed E-state index contributed by atoms with van der Waals surface area (Å²) in [5.41, 5.74) is 3.50. The minimum absolute atomic E-state index is 0.118. The summed E-state index contributed by atoms with van der Waals surface area (Å²) in [5.74, 6) is -1.17. The zero-order valence-electron chi connectivity index (χ0n) is 19.4. The predicted octanol–water partition coefficient (Wildman–Crippen LogP) is 6.56. The van der Waals surface area contributed by atoms with Gasteiger partial charge in [0.05, 0.1) is 18.1 Å². The Balaban J connectivity index is 1.46. The van der Waals surface area contributed by atoms with Gasteiger partial charge in [0.15, 0.2) is 0 Å². The number of aromatic hydroxyl groups is 1. The number of hydrogen-bond donors (Lipinski definition) is 2. The van der Waals surface area contributed by atoms with E-state index in [0.29, 0.717) is 29.7 Å². The molecule has 2 N–H and O–H groups in total. The molecule has 1 fully saturated rings. The second-order valence-electron chi connectivity index (χ2n) is 9.02. The zero-order valence-corrected chi connectivity index (χ0v) is 19.4. The van der Waals surface area contributed by atoms with Crippen molar-refractivity contribution in [2.45, 2.75) is 25.0 Å². The molecule has 5 rings (SSSR count). The Bertz CT molecular complexity index is 1360. The molecule has 0 bridgehead atoms. The summed E-state index contributed by atoms with van der Waals surface area (Å²) in [4.78, 5) is 14.9. The lowest BCUT2D eigenvalue weighted by Gasteiger charge is -2.48. The molecule has 4 aromatic carbocycles. The highest BCUT2D eigenvalue weighted by molar-refractivity contribution is 6.03. The first kappa shape index (κ1) is 23.7. The van der Waals surface area contributed by atoms with Gasteiger partial charge in [-0.05, 0) is 78.1 Å². The molecule has 0 aliphatic carbocycles. The van der Waals surface area contributed by atoms with Crippen molar-refractivity contribution in [3.05, 3.63) is 120 Å². The second kappa shape index (κ2) is 9.91. The zero-order chi connectivity index (χ0) is 25.2. The van der Waals surface area contributed by atoms with Crippen LogP contribution in [0.15, 0.2) is 97.1 Å². The SMILES string of the molecule is O=C1C(CC[C@H](O)c2ccc(F)cc2)C(c2ccc(O)c(-c3ccccc3)c2)N1c1ccc(F)cc1. The number of hydrogen-bond acceptors (Lipinski definition) is 3. The molecule has 2 unspecified atom stereocenters. The minimum Gasteiger partial charge on any atom is -0.507 e. The Hall–Kier alpha value is -4.03. The lowest BCUT2D eigenvalue weighted by Crippen LogP contribution is -2.55. The fraction of sp³-hybridized carbons (Fsp3) is 0.167. The number of aliphatic hydroxyl groups is 1. The standard InChI is InChI=1S/C30H25F2NO3/c31-22-9-6-20(7-10-22)27(34)17-15-25-29(33(30(25)36)24-13-11-23(32)12-14-24)21-8-16-28(35)26(18-21)19-4-2-1-3-5-19/h1-14,16,18,25,27,29,34-35H,15,17H2/t25?,27-,29?/m0/s1. The highest BCUT2D eigenvalue weighted by Gasteiger charge is 2.48. The first-order valence-corrected chi connectivity index (χ1v) is 11.8. The number of phenolic OH excluding ortho intramolecular Hbond substituents is 1. The van der Waals surface area contributed by atoms with Gasteiger partial charge in [0.2, 0.25) is 5.91 Å². The molecule has 4 nitrogen and oxygen atoms in total. The van der Waals surface area contributed by atoms with Gasteiger partial charge in [-0.1, -0.05) is 48.5 Å². The first-order chi connectivity index (χ1) is 17.4. The van der Waals surface area contributed by atoms with E-state index in [2.05, 4.69) is 0 Å². The number of aliphatic hydroxyl groups excluding tert-OH is 1. The van der Waals surface area contributed by atoms with Gasteiger partial charge in [-0.3, -0.25) is 4.79 Å². The maximum atomic E-state index is 13.6. The Morgan fingerprint density at radius 3 is 2.14 bits per heavy atom. The summed E-state index contributed by atoms with van der Waals surface area (Å²) in [6.45, 7) is 0. The van der Waals surface area contributed by atoms with Crippen LogP contribution in [-0.2, 0) is 4.79 Å². The van der Waals surface area contributed by atoms with Crippen molar-refractivity contribution in [3.63, 3.8) is 0 Å². The summed E-state index contributed by atoms with van der Waals surface area (Å²) >= 11 is 0. The number of carbonyl (C=O) groups excluding carboxylic acids is 1. The number of carbonyl (C=O) groups is 1. The number of benzene rings is 4. The van der Waals surface area contributed by atoms with Crippen molar-refractivity contribution in [1.29, 1.82) is 0 Å². The highest BCUT2D eigenvalue weighted by Crippen LogP contribution is 2.47. The lowest BCUT2D eigenvalue weighted by atomic mass is 9.77.